The van der Waals surface area contributed by atoms with E-state index in [0.29, 0.717) is 21.6 Å². The smallest absolute Gasteiger partial charge is 0.457 e. The van der Waals surface area contributed by atoms with Gasteiger partial charge in [-0.25, -0.2) is 0 Å². The molecule has 0 fully saturated rings. The number of aromatic nitrogens is 3. The van der Waals surface area contributed by atoms with E-state index in [-0.39, 0.29) is 73.7 Å². The van der Waals surface area contributed by atoms with Gasteiger partial charge in [-0.3, -0.25) is 19.4 Å². The number of hydrogen-bond donors (Lipinski definition) is 0. The summed E-state index contributed by atoms with van der Waals surface area (Å²) in [4.78, 5) is 38.9. The molecule has 0 amide bonds. The summed E-state index contributed by atoms with van der Waals surface area (Å²) in [5.74, 6) is 0.695. The van der Waals surface area contributed by atoms with Gasteiger partial charge in [-0.05, 0) is 79.4 Å². The molecule has 7 nitrogen and oxygen atoms in total. The molecule has 3 rings (SSSR count). The van der Waals surface area contributed by atoms with Crippen LogP contribution in [0.25, 0.3) is 5.69 Å². The maximum atomic E-state index is 12.4. The van der Waals surface area contributed by atoms with Gasteiger partial charge in [0.05, 0.1) is 0 Å². The molecule has 152 valence electrons. The van der Waals surface area contributed by atoms with Crippen LogP contribution in [0.15, 0.2) is 61.7 Å². The third-order valence-electron chi connectivity index (χ3n) is 3.85. The quantitative estimate of drug-likeness (QED) is 0.386. The Morgan fingerprint density at radius 3 is 2.20 bits per heavy atom. The fraction of sp³-hybridized carbons (Fsp3) is 0.167. The zero-order valence-electron chi connectivity index (χ0n) is 16.1. The molecule has 0 aliphatic carbocycles. The van der Waals surface area contributed by atoms with Crippen molar-refractivity contribution in [2.24, 2.45) is 7.05 Å². The van der Waals surface area contributed by atoms with Gasteiger partial charge in [0, 0.05) is 4.90 Å². The van der Waals surface area contributed by atoms with Crippen LogP contribution >= 0.6 is 11.8 Å². The van der Waals surface area contributed by atoms with Crippen molar-refractivity contribution >= 4 is 11.8 Å². The summed E-state index contributed by atoms with van der Waals surface area (Å²) in [7, 11) is 1.21. The summed E-state index contributed by atoms with van der Waals surface area (Å²) in [6, 6.07) is 9.81. The van der Waals surface area contributed by atoms with Gasteiger partial charge in [-0.2, -0.15) is 13.2 Å². The van der Waals surface area contributed by atoms with Crippen LogP contribution in [0.4, 0.5) is 13.2 Å². The maximum absolute atomic E-state index is 12.4. The number of rotatable bonds is 4. The van der Waals surface area contributed by atoms with E-state index in [4.69, 9.17) is 4.74 Å². The van der Waals surface area contributed by atoms with E-state index in [1.165, 1.54) is 49.5 Å². The molecule has 0 saturated heterocycles. The Balaban J connectivity index is 0.00000320. The second-order valence-corrected chi connectivity index (χ2v) is 7.06. The number of nitrogens with zero attached hydrogens (tertiary/aromatic N) is 3. The van der Waals surface area contributed by atoms with Gasteiger partial charge in [-0.1, -0.05) is 0 Å². The molecule has 0 aliphatic heterocycles. The van der Waals surface area contributed by atoms with Crippen LogP contribution in [0, 0.1) is 6.92 Å². The monoisotopic (exact) mass is 463 g/mol. The molecule has 0 bridgehead atoms. The Kier molecular flexibility index (Phi) is 7.99. The number of thioether (sulfide) groups is 1. The maximum Gasteiger partial charge on any atom is 1.00 e. The largest absolute Gasteiger partial charge is 1.00 e. The Morgan fingerprint density at radius 2 is 1.63 bits per heavy atom. The van der Waals surface area contributed by atoms with Gasteiger partial charge < -0.3 is 13.9 Å². The van der Waals surface area contributed by atoms with Crippen molar-refractivity contribution < 1.29 is 69.3 Å². The van der Waals surface area contributed by atoms with Crippen molar-refractivity contribution in [1.82, 2.24) is 14.1 Å². The average Bonchev–Trinajstić information content (AvgIpc) is 2.62. The first-order chi connectivity index (χ1) is 13.5. The van der Waals surface area contributed by atoms with Gasteiger partial charge in [0.25, 0.3) is 0 Å². The molecule has 0 radical (unpaired) electrons. The third kappa shape index (κ3) is 5.77. The number of hydrogen-bond acceptors (Lipinski definition) is 5. The number of aryl methyl sites for hydroxylation is 1. The van der Waals surface area contributed by atoms with Crippen molar-refractivity contribution in [3.05, 3.63) is 79.5 Å². The minimum absolute atomic E-state index is 0. The summed E-state index contributed by atoms with van der Waals surface area (Å²) in [5.41, 5.74) is -6.39. The van der Waals surface area contributed by atoms with E-state index in [9.17, 15) is 27.6 Å². The summed E-state index contributed by atoms with van der Waals surface area (Å²) < 4.78 is 44.3. The summed E-state index contributed by atoms with van der Waals surface area (Å²) >= 11 is -0.224. The van der Waals surface area contributed by atoms with Crippen molar-refractivity contribution in [2.45, 2.75) is 17.3 Å². The molecule has 0 N–H and O–H groups in total. The minimum atomic E-state index is -4.37. The van der Waals surface area contributed by atoms with E-state index >= 15 is 0 Å². The molecule has 30 heavy (non-hydrogen) atoms. The molecular formula is C18H13F3KN3O4S. The standard InChI is InChI=1S/C18H14F3N3O4S.K/c1-10-9-11(24-16(26)22-15(25)23(2)17(24)27)3-8-14(10)28-12-4-6-13(7-5-12)29-18(19,20)21;/h3-9H,1-2H3,(H,22,25,26);/q;+1/p-1. The van der Waals surface area contributed by atoms with Crippen LogP contribution in [0.3, 0.4) is 0 Å². The van der Waals surface area contributed by atoms with Crippen LogP contribution in [-0.2, 0) is 7.05 Å². The predicted octanol–water partition coefficient (Wildman–Crippen LogP) is -0.430. The van der Waals surface area contributed by atoms with Gasteiger partial charge in [0.2, 0.25) is 17.1 Å². The Labute approximate surface area is 214 Å². The van der Waals surface area contributed by atoms with Crippen LogP contribution < -0.4 is 78.2 Å². The number of alkyl halides is 3. The molecule has 0 spiro atoms. The van der Waals surface area contributed by atoms with Crippen LogP contribution in [0.5, 0.6) is 11.5 Å². The molecule has 1 heterocycles. The number of ether oxygens (including phenoxy) is 1. The van der Waals surface area contributed by atoms with Crippen molar-refractivity contribution in [3.8, 4) is 17.2 Å². The van der Waals surface area contributed by atoms with Gasteiger partial charge in [0.1, 0.15) is 11.5 Å². The van der Waals surface area contributed by atoms with E-state index in [0.717, 1.165) is 4.57 Å². The van der Waals surface area contributed by atoms with E-state index in [2.05, 4.69) is 4.98 Å². The van der Waals surface area contributed by atoms with E-state index < -0.39 is 22.6 Å². The molecular weight excluding hydrogens is 450 g/mol. The second-order valence-electron chi connectivity index (χ2n) is 5.93. The normalized spacial score (nSPS) is 11.1. The summed E-state index contributed by atoms with van der Waals surface area (Å²) in [5, 5.41) is 0. The van der Waals surface area contributed by atoms with Gasteiger partial charge in [0.15, 0.2) is 0 Å². The van der Waals surface area contributed by atoms with Crippen LogP contribution in [-0.4, -0.2) is 14.6 Å². The first-order valence-electron chi connectivity index (χ1n) is 8.07. The molecule has 2 aromatic carbocycles. The zero-order chi connectivity index (χ0) is 21.3. The Bertz CT molecular complexity index is 1230. The third-order valence-corrected chi connectivity index (χ3v) is 4.59. The molecule has 1 aromatic heterocycles. The number of halogens is 3. The van der Waals surface area contributed by atoms with Crippen molar-refractivity contribution in [2.75, 3.05) is 0 Å². The van der Waals surface area contributed by atoms with E-state index in [1.807, 2.05) is 0 Å². The fourth-order valence-corrected chi connectivity index (χ4v) is 3.00. The van der Waals surface area contributed by atoms with Crippen LogP contribution in [0.1, 0.15) is 5.56 Å². The molecule has 0 saturated carbocycles. The predicted molar refractivity (Wildman–Crippen MR) is 100 cm³/mol. The van der Waals surface area contributed by atoms with Crippen LogP contribution in [0.2, 0.25) is 0 Å². The second kappa shape index (κ2) is 9.70. The molecule has 3 aromatic rings. The zero-order valence-corrected chi connectivity index (χ0v) is 20.0. The molecule has 0 aliphatic rings. The average molecular weight is 463 g/mol. The minimum Gasteiger partial charge on any atom is -0.457 e. The van der Waals surface area contributed by atoms with E-state index in [1.54, 1.807) is 6.92 Å². The van der Waals surface area contributed by atoms with Gasteiger partial charge in [-0.15, -0.1) is 0 Å². The first kappa shape index (κ1) is 24.7. The van der Waals surface area contributed by atoms with Crippen molar-refractivity contribution in [1.29, 1.82) is 0 Å². The van der Waals surface area contributed by atoms with Gasteiger partial charge >= 0.3 is 56.9 Å². The molecule has 12 heteroatoms. The molecule has 0 atom stereocenters. The summed E-state index contributed by atoms with van der Waals surface area (Å²) in [6.07, 6.45) is 0. The number of benzene rings is 2. The first-order valence-corrected chi connectivity index (χ1v) is 8.88. The van der Waals surface area contributed by atoms with Crippen molar-refractivity contribution in [3.63, 3.8) is 0 Å². The molecule has 0 unspecified atom stereocenters. The Morgan fingerprint density at radius 1 is 1.00 bits per heavy atom. The SMILES string of the molecule is Cc1cc(-n2c(=O)[n-]c(=O)n(C)c2=O)ccc1Oc1ccc(SC(F)(F)F)cc1.[K+]. The Hall–Kier alpha value is -1.57. The fourth-order valence-electron chi connectivity index (χ4n) is 2.46. The summed E-state index contributed by atoms with van der Waals surface area (Å²) in [6.45, 7) is 1.66. The topological polar surface area (TPSA) is 84.4 Å².